The summed E-state index contributed by atoms with van der Waals surface area (Å²) in [4.78, 5) is 27.0. The van der Waals surface area contributed by atoms with Crippen LogP contribution in [0, 0.1) is 0 Å². The van der Waals surface area contributed by atoms with Crippen LogP contribution in [0.4, 0.5) is 11.5 Å². The molecule has 2 aromatic rings. The first-order chi connectivity index (χ1) is 17.4. The Morgan fingerprint density at radius 1 is 1.11 bits per heavy atom. The molecular weight excluding hydrogens is 467 g/mol. The molecule has 1 atom stereocenters. The molecule has 0 bridgehead atoms. The second kappa shape index (κ2) is 11.3. The first-order valence-electron chi connectivity index (χ1n) is 13.0. The summed E-state index contributed by atoms with van der Waals surface area (Å²) in [5, 5.41) is 1.28. The Labute approximate surface area is 218 Å². The zero-order chi connectivity index (χ0) is 25.9. The van der Waals surface area contributed by atoms with Gasteiger partial charge in [-0.2, -0.15) is 0 Å². The fourth-order valence-corrected chi connectivity index (χ4v) is 6.48. The molecule has 1 spiro atoms. The smallest absolute Gasteiger partial charge is 0.150 e. The first kappa shape index (κ1) is 26.6. The lowest BCUT2D eigenvalue weighted by Crippen LogP contribution is -2.52. The molecule has 3 aliphatic heterocycles. The number of carbonyl (C=O) groups excluding carboxylic acids is 1. The minimum atomic E-state index is 0.230. The highest BCUT2D eigenvalue weighted by Gasteiger charge is 2.46. The Hall–Kier alpha value is -2.50. The van der Waals surface area contributed by atoms with E-state index in [0.29, 0.717) is 6.04 Å². The van der Waals surface area contributed by atoms with Crippen molar-refractivity contribution in [3.63, 3.8) is 0 Å². The SMILES string of the molecule is C=C(N(C)C)N1CC2(CCN(C3CCN(c4nccnc4CC)CC3)CC2)c2cc(P)ccc21.C=O. The topological polar surface area (TPSA) is 55.8 Å². The first-order valence-corrected chi connectivity index (χ1v) is 13.6. The summed E-state index contributed by atoms with van der Waals surface area (Å²) in [5.74, 6) is 2.18. The fraction of sp³-hybridized carbons (Fsp3) is 0.536. The quantitative estimate of drug-likeness (QED) is 0.575. The van der Waals surface area contributed by atoms with Crippen LogP contribution in [-0.4, -0.2) is 79.4 Å². The van der Waals surface area contributed by atoms with E-state index in [1.54, 1.807) is 0 Å². The second-order valence-electron chi connectivity index (χ2n) is 10.4. The van der Waals surface area contributed by atoms with Gasteiger partial charge in [-0.05, 0) is 68.2 Å². The van der Waals surface area contributed by atoms with Crippen molar-refractivity contribution >= 4 is 32.8 Å². The zero-order valence-corrected chi connectivity index (χ0v) is 23.3. The van der Waals surface area contributed by atoms with Gasteiger partial charge in [0.25, 0.3) is 0 Å². The molecule has 0 N–H and O–H groups in total. The highest BCUT2D eigenvalue weighted by Crippen LogP contribution is 2.48. The minimum Gasteiger partial charge on any atom is -0.365 e. The van der Waals surface area contributed by atoms with Crippen LogP contribution < -0.4 is 15.1 Å². The van der Waals surface area contributed by atoms with Gasteiger partial charge in [-0.15, -0.1) is 9.24 Å². The summed E-state index contributed by atoms with van der Waals surface area (Å²) in [6.45, 7) is 14.1. The number of hydrogen-bond donors (Lipinski definition) is 0. The lowest BCUT2D eigenvalue weighted by atomic mass is 9.74. The molecule has 0 amide bonds. The van der Waals surface area contributed by atoms with Crippen molar-refractivity contribution in [1.82, 2.24) is 19.8 Å². The van der Waals surface area contributed by atoms with E-state index in [0.717, 1.165) is 43.4 Å². The maximum Gasteiger partial charge on any atom is 0.150 e. The predicted octanol–water partition coefficient (Wildman–Crippen LogP) is 3.21. The van der Waals surface area contributed by atoms with E-state index in [2.05, 4.69) is 84.6 Å². The third-order valence-corrected chi connectivity index (χ3v) is 8.65. The number of nitrogens with zero attached hydrogens (tertiary/aromatic N) is 6. The molecule has 2 saturated heterocycles. The van der Waals surface area contributed by atoms with Gasteiger partial charge in [0.1, 0.15) is 18.4 Å². The highest BCUT2D eigenvalue weighted by molar-refractivity contribution is 7.27. The average molecular weight is 509 g/mol. The fourth-order valence-electron chi connectivity index (χ4n) is 6.22. The van der Waals surface area contributed by atoms with Crippen LogP contribution in [0.15, 0.2) is 43.0 Å². The monoisotopic (exact) mass is 508 g/mol. The lowest BCUT2D eigenvalue weighted by molar-refractivity contribution is -0.0979. The molecule has 1 aromatic heterocycles. The second-order valence-corrected chi connectivity index (χ2v) is 11.1. The Kier molecular flexibility index (Phi) is 8.31. The van der Waals surface area contributed by atoms with Gasteiger partial charge in [-0.3, -0.25) is 4.98 Å². The van der Waals surface area contributed by atoms with Crippen LogP contribution in [-0.2, 0) is 16.6 Å². The maximum atomic E-state index is 8.00. The molecule has 3 aliphatic rings. The normalized spacial score (nSPS) is 19.6. The van der Waals surface area contributed by atoms with Gasteiger partial charge < -0.3 is 24.4 Å². The van der Waals surface area contributed by atoms with Crippen LogP contribution >= 0.6 is 9.24 Å². The number of anilines is 2. The maximum absolute atomic E-state index is 8.00. The van der Waals surface area contributed by atoms with E-state index >= 15 is 0 Å². The van der Waals surface area contributed by atoms with Crippen LogP contribution in [0.25, 0.3) is 0 Å². The Morgan fingerprint density at radius 2 is 1.78 bits per heavy atom. The minimum absolute atomic E-state index is 0.230. The third-order valence-electron chi connectivity index (χ3n) is 8.29. The van der Waals surface area contributed by atoms with E-state index < -0.39 is 0 Å². The van der Waals surface area contributed by atoms with E-state index in [-0.39, 0.29) is 5.41 Å². The number of aromatic nitrogens is 2. The largest absolute Gasteiger partial charge is 0.365 e. The molecule has 8 heteroatoms. The number of hydrogen-bond acceptors (Lipinski definition) is 7. The summed E-state index contributed by atoms with van der Waals surface area (Å²) < 4.78 is 0. The van der Waals surface area contributed by atoms with Gasteiger partial charge in [0, 0.05) is 63.3 Å². The van der Waals surface area contributed by atoms with Crippen LogP contribution in [0.2, 0.25) is 0 Å². The molecule has 2 fully saturated rings. The van der Waals surface area contributed by atoms with E-state index in [1.165, 1.54) is 55.3 Å². The van der Waals surface area contributed by atoms with E-state index in [9.17, 15) is 0 Å². The number of benzene rings is 1. The third kappa shape index (κ3) is 5.01. The van der Waals surface area contributed by atoms with Gasteiger partial charge in [0.2, 0.25) is 0 Å². The van der Waals surface area contributed by atoms with Crippen molar-refractivity contribution < 1.29 is 4.79 Å². The highest BCUT2D eigenvalue weighted by atomic mass is 31.0. The van der Waals surface area contributed by atoms with Crippen LogP contribution in [0.3, 0.4) is 0 Å². The van der Waals surface area contributed by atoms with Crippen LogP contribution in [0.5, 0.6) is 0 Å². The Morgan fingerprint density at radius 3 is 2.42 bits per heavy atom. The van der Waals surface area contributed by atoms with Crippen LogP contribution in [0.1, 0.15) is 43.9 Å². The number of carbonyl (C=O) groups is 1. The number of aryl methyl sites for hydroxylation is 1. The zero-order valence-electron chi connectivity index (χ0n) is 22.1. The average Bonchev–Trinajstić information content (AvgIpc) is 3.22. The molecule has 0 saturated carbocycles. The molecule has 0 radical (unpaired) electrons. The molecule has 194 valence electrons. The number of fused-ring (bicyclic) bond motifs is 2. The summed E-state index contributed by atoms with van der Waals surface area (Å²) in [7, 11) is 7.08. The van der Waals surface area contributed by atoms with Crippen molar-refractivity contribution in [3.05, 3.63) is 54.3 Å². The molecule has 7 nitrogen and oxygen atoms in total. The summed E-state index contributed by atoms with van der Waals surface area (Å²) in [6, 6.07) is 7.59. The molecular formula is C28H41N6OP. The summed E-state index contributed by atoms with van der Waals surface area (Å²) in [5.41, 5.74) is 4.22. The molecule has 1 unspecified atom stereocenters. The van der Waals surface area contributed by atoms with Gasteiger partial charge in [0.15, 0.2) is 0 Å². The summed E-state index contributed by atoms with van der Waals surface area (Å²) in [6.07, 6.45) is 9.44. The van der Waals surface area contributed by atoms with Gasteiger partial charge in [-0.1, -0.05) is 19.6 Å². The lowest BCUT2D eigenvalue weighted by Gasteiger charge is -2.45. The van der Waals surface area contributed by atoms with Crippen molar-refractivity contribution in [1.29, 1.82) is 0 Å². The van der Waals surface area contributed by atoms with Gasteiger partial charge >= 0.3 is 0 Å². The number of piperidine rings is 2. The van der Waals surface area contributed by atoms with Gasteiger partial charge in [0.05, 0.1) is 5.69 Å². The molecule has 5 rings (SSSR count). The summed E-state index contributed by atoms with van der Waals surface area (Å²) >= 11 is 0. The number of likely N-dealkylation sites (tertiary alicyclic amines) is 1. The molecule has 36 heavy (non-hydrogen) atoms. The van der Waals surface area contributed by atoms with Crippen molar-refractivity contribution in [2.75, 3.05) is 56.6 Å². The van der Waals surface area contributed by atoms with Crippen molar-refractivity contribution in [3.8, 4) is 0 Å². The molecule has 4 heterocycles. The van der Waals surface area contributed by atoms with Crippen molar-refractivity contribution in [2.45, 2.75) is 50.5 Å². The Balaban J connectivity index is 0.00000148. The van der Waals surface area contributed by atoms with E-state index in [4.69, 9.17) is 4.79 Å². The van der Waals surface area contributed by atoms with Crippen molar-refractivity contribution in [2.24, 2.45) is 0 Å². The molecule has 0 aliphatic carbocycles. The Bertz CT molecular complexity index is 1060. The van der Waals surface area contributed by atoms with Gasteiger partial charge in [-0.25, -0.2) is 4.98 Å². The predicted molar refractivity (Wildman–Crippen MR) is 152 cm³/mol. The van der Waals surface area contributed by atoms with E-state index in [1.807, 2.05) is 19.2 Å². The molecule has 1 aromatic carbocycles. The number of rotatable bonds is 5. The standard InChI is InChI=1S/C27H39N6P.CH2O/c1-5-24-26(29-13-12-28-24)32-14-8-21(9-15-32)31-16-10-27(11-17-31)19-33(20(2)30(3)4)25-7-6-22(34)18-23(25)27;1-2/h6-7,12-13,18,21H,2,5,8-11,14-17,19,34H2,1,3-4H3;1H2.